The van der Waals surface area contributed by atoms with Gasteiger partial charge in [0.1, 0.15) is 5.82 Å². The van der Waals surface area contributed by atoms with Crippen LogP contribution < -0.4 is 0 Å². The van der Waals surface area contributed by atoms with Gasteiger partial charge in [-0.3, -0.25) is 19.5 Å². The summed E-state index contributed by atoms with van der Waals surface area (Å²) in [6.07, 6.45) is 6.24. The number of likely N-dealkylation sites (tertiary alicyclic amines) is 1. The molecule has 0 bridgehead atoms. The lowest BCUT2D eigenvalue weighted by Crippen LogP contribution is -2.37. The quantitative estimate of drug-likeness (QED) is 0.268. The first-order valence-electron chi connectivity index (χ1n) is 13.1. The van der Waals surface area contributed by atoms with Crippen LogP contribution in [0.2, 0.25) is 10.0 Å². The summed E-state index contributed by atoms with van der Waals surface area (Å²) < 4.78 is 0. The Morgan fingerprint density at radius 2 is 1.54 bits per heavy atom. The van der Waals surface area contributed by atoms with E-state index in [-0.39, 0.29) is 11.8 Å². The van der Waals surface area contributed by atoms with Crippen molar-refractivity contribution < 1.29 is 9.59 Å². The topological polar surface area (TPSA) is 82.2 Å². The van der Waals surface area contributed by atoms with Crippen LogP contribution in [0.5, 0.6) is 0 Å². The summed E-state index contributed by atoms with van der Waals surface area (Å²) in [6, 6.07) is 16.6. The van der Waals surface area contributed by atoms with E-state index in [0.717, 1.165) is 67.2 Å². The molecule has 4 aromatic rings. The van der Waals surface area contributed by atoms with Crippen molar-refractivity contribution >= 4 is 35.0 Å². The SMILES string of the molecule is O=C1c2ccccc2C(=O)N1CCCN1CCC(c2nc(-c3ccc(Cl)c(Cl)c3)c(-c3ccncc3)[nH]2)CC1. The van der Waals surface area contributed by atoms with Crippen LogP contribution in [-0.2, 0) is 0 Å². The van der Waals surface area contributed by atoms with Gasteiger partial charge in [0.25, 0.3) is 11.8 Å². The smallest absolute Gasteiger partial charge is 0.261 e. The third-order valence-corrected chi connectivity index (χ3v) is 8.33. The number of nitrogens with zero attached hydrogens (tertiary/aromatic N) is 4. The highest BCUT2D eigenvalue weighted by Gasteiger charge is 2.34. The van der Waals surface area contributed by atoms with E-state index in [1.807, 2.05) is 24.3 Å². The first-order valence-corrected chi connectivity index (χ1v) is 13.9. The Hall–Kier alpha value is -3.52. The molecule has 0 spiro atoms. The molecule has 0 radical (unpaired) electrons. The maximum atomic E-state index is 12.6. The molecular weight excluding hydrogens is 533 g/mol. The highest BCUT2D eigenvalue weighted by atomic mass is 35.5. The predicted octanol–water partition coefficient (Wildman–Crippen LogP) is 6.31. The predicted molar refractivity (Wildman–Crippen MR) is 152 cm³/mol. The molecule has 0 aliphatic carbocycles. The van der Waals surface area contributed by atoms with Gasteiger partial charge in [-0.1, -0.05) is 41.4 Å². The number of fused-ring (bicyclic) bond motifs is 1. The van der Waals surface area contributed by atoms with E-state index < -0.39 is 0 Å². The Bertz CT molecular complexity index is 1490. The molecule has 4 heterocycles. The number of pyridine rings is 1. The van der Waals surface area contributed by atoms with E-state index in [1.54, 1.807) is 42.7 Å². The van der Waals surface area contributed by atoms with Crippen molar-refractivity contribution in [3.05, 3.63) is 94.0 Å². The average molecular weight is 560 g/mol. The number of aromatic amines is 1. The summed E-state index contributed by atoms with van der Waals surface area (Å²) in [4.78, 5) is 41.8. The van der Waals surface area contributed by atoms with E-state index in [4.69, 9.17) is 28.2 Å². The summed E-state index contributed by atoms with van der Waals surface area (Å²) in [5.41, 5.74) is 4.72. The third-order valence-electron chi connectivity index (χ3n) is 7.59. The second kappa shape index (κ2) is 10.9. The Labute approximate surface area is 236 Å². The van der Waals surface area contributed by atoms with Gasteiger partial charge in [0.15, 0.2) is 0 Å². The molecule has 2 aromatic carbocycles. The van der Waals surface area contributed by atoms with Crippen LogP contribution in [0.15, 0.2) is 67.0 Å². The molecule has 0 atom stereocenters. The summed E-state index contributed by atoms with van der Waals surface area (Å²) in [6.45, 7) is 3.14. The number of rotatable bonds is 7. The van der Waals surface area contributed by atoms with Crippen LogP contribution in [0.25, 0.3) is 22.5 Å². The second-order valence-electron chi connectivity index (χ2n) is 9.99. The van der Waals surface area contributed by atoms with Crippen molar-refractivity contribution in [3.63, 3.8) is 0 Å². The number of benzene rings is 2. The molecule has 2 aliphatic rings. The van der Waals surface area contributed by atoms with Gasteiger partial charge in [0.2, 0.25) is 0 Å². The van der Waals surface area contributed by atoms with E-state index in [1.165, 1.54) is 4.90 Å². The van der Waals surface area contributed by atoms with Crippen molar-refractivity contribution in [1.29, 1.82) is 0 Å². The lowest BCUT2D eigenvalue weighted by Gasteiger charge is -2.31. The van der Waals surface area contributed by atoms with Crippen molar-refractivity contribution in [2.45, 2.75) is 25.2 Å². The fourth-order valence-electron chi connectivity index (χ4n) is 5.49. The summed E-state index contributed by atoms with van der Waals surface area (Å²) in [7, 11) is 0. The highest BCUT2D eigenvalue weighted by molar-refractivity contribution is 6.42. The lowest BCUT2D eigenvalue weighted by molar-refractivity contribution is 0.0645. The molecule has 2 aliphatic heterocycles. The van der Waals surface area contributed by atoms with Crippen molar-refractivity contribution in [2.75, 3.05) is 26.2 Å². The van der Waals surface area contributed by atoms with Gasteiger partial charge >= 0.3 is 0 Å². The van der Waals surface area contributed by atoms with Crippen molar-refractivity contribution in [3.8, 4) is 22.5 Å². The van der Waals surface area contributed by atoms with Crippen LogP contribution in [-0.4, -0.2) is 62.7 Å². The first kappa shape index (κ1) is 25.7. The number of nitrogens with one attached hydrogen (secondary N) is 1. The zero-order valence-corrected chi connectivity index (χ0v) is 22.8. The number of carbonyl (C=O) groups excluding carboxylic acids is 2. The molecule has 9 heteroatoms. The number of imide groups is 1. The molecule has 1 fully saturated rings. The first-order chi connectivity index (χ1) is 19.0. The average Bonchev–Trinajstić information content (AvgIpc) is 3.52. The van der Waals surface area contributed by atoms with Gasteiger partial charge in [-0.25, -0.2) is 4.98 Å². The Morgan fingerprint density at radius 3 is 2.21 bits per heavy atom. The molecule has 2 amide bonds. The number of imidazole rings is 1. The monoisotopic (exact) mass is 559 g/mol. The standard InChI is InChI=1S/C30H27Cl2N5O2/c31-24-7-6-21(18-25(24)32)27-26(19-8-12-33-13-9-19)34-28(35-27)20-10-16-36(17-11-20)14-3-15-37-29(38)22-4-1-2-5-23(22)30(37)39/h1-2,4-9,12-13,18,20H,3,10-11,14-17H2,(H,34,35). The number of H-pyrrole nitrogens is 1. The molecule has 2 aromatic heterocycles. The molecular formula is C30H27Cl2N5O2. The van der Waals surface area contributed by atoms with E-state index in [2.05, 4.69) is 14.9 Å². The Kier molecular flexibility index (Phi) is 7.21. The summed E-state index contributed by atoms with van der Waals surface area (Å²) in [5, 5.41) is 1.01. The maximum absolute atomic E-state index is 12.6. The number of hydrogen-bond donors (Lipinski definition) is 1. The minimum absolute atomic E-state index is 0.185. The zero-order chi connectivity index (χ0) is 26.9. The zero-order valence-electron chi connectivity index (χ0n) is 21.2. The number of hydrogen-bond acceptors (Lipinski definition) is 5. The van der Waals surface area contributed by atoms with Gasteiger partial charge in [-0.05, 0) is 75.3 Å². The van der Waals surface area contributed by atoms with Gasteiger partial charge in [-0.2, -0.15) is 0 Å². The summed E-state index contributed by atoms with van der Waals surface area (Å²) >= 11 is 12.5. The van der Waals surface area contributed by atoms with Gasteiger partial charge in [-0.15, -0.1) is 0 Å². The lowest BCUT2D eigenvalue weighted by atomic mass is 9.96. The van der Waals surface area contributed by atoms with Gasteiger partial charge < -0.3 is 9.88 Å². The number of aromatic nitrogens is 3. The minimum Gasteiger partial charge on any atom is -0.341 e. The third kappa shape index (κ3) is 5.10. The number of piperidine rings is 1. The normalized spacial score (nSPS) is 16.2. The molecule has 1 saturated heterocycles. The minimum atomic E-state index is -0.185. The van der Waals surface area contributed by atoms with Crippen molar-refractivity contribution in [2.24, 2.45) is 0 Å². The molecule has 7 nitrogen and oxygen atoms in total. The largest absolute Gasteiger partial charge is 0.341 e. The van der Waals surface area contributed by atoms with E-state index >= 15 is 0 Å². The van der Waals surface area contributed by atoms with Crippen molar-refractivity contribution in [1.82, 2.24) is 24.8 Å². The fourth-order valence-corrected chi connectivity index (χ4v) is 5.79. The molecule has 1 N–H and O–H groups in total. The van der Waals surface area contributed by atoms with Crippen LogP contribution >= 0.6 is 23.2 Å². The molecule has 0 unspecified atom stereocenters. The maximum Gasteiger partial charge on any atom is 0.261 e. The summed E-state index contributed by atoms with van der Waals surface area (Å²) in [5.74, 6) is 0.896. The van der Waals surface area contributed by atoms with Crippen LogP contribution in [0.3, 0.4) is 0 Å². The van der Waals surface area contributed by atoms with E-state index in [0.29, 0.717) is 33.6 Å². The second-order valence-corrected chi connectivity index (χ2v) is 10.8. The Balaban J connectivity index is 1.11. The Morgan fingerprint density at radius 1 is 0.846 bits per heavy atom. The molecule has 39 heavy (non-hydrogen) atoms. The number of carbonyl (C=O) groups is 2. The van der Waals surface area contributed by atoms with E-state index in [9.17, 15) is 9.59 Å². The van der Waals surface area contributed by atoms with Crippen LogP contribution in [0, 0.1) is 0 Å². The van der Waals surface area contributed by atoms with Gasteiger partial charge in [0.05, 0.1) is 32.6 Å². The van der Waals surface area contributed by atoms with Crippen LogP contribution in [0.1, 0.15) is 51.7 Å². The number of halogens is 2. The van der Waals surface area contributed by atoms with Crippen LogP contribution in [0.4, 0.5) is 0 Å². The fraction of sp³-hybridized carbons (Fsp3) is 0.267. The van der Waals surface area contributed by atoms with Gasteiger partial charge in [0, 0.05) is 36.0 Å². The number of amides is 2. The highest BCUT2D eigenvalue weighted by Crippen LogP contribution is 2.36. The molecule has 6 rings (SSSR count). The molecule has 0 saturated carbocycles. The molecule has 198 valence electrons.